The third-order valence-corrected chi connectivity index (χ3v) is 6.92. The molecule has 10 nitrogen and oxygen atoms in total. The van der Waals surface area contributed by atoms with Crippen molar-refractivity contribution in [2.24, 2.45) is 0 Å². The number of alkyl carbamates (subject to hydrolysis) is 1. The van der Waals surface area contributed by atoms with Crippen LogP contribution in [0.3, 0.4) is 0 Å². The van der Waals surface area contributed by atoms with Crippen LogP contribution in [0.2, 0.25) is 0 Å². The van der Waals surface area contributed by atoms with Gasteiger partial charge in [-0.2, -0.15) is 0 Å². The number of para-hydroxylation sites is 1. The highest BCUT2D eigenvalue weighted by Gasteiger charge is 2.31. The Morgan fingerprint density at radius 2 is 1.20 bits per heavy atom. The van der Waals surface area contributed by atoms with Crippen LogP contribution < -0.4 is 16.0 Å². The summed E-state index contributed by atoms with van der Waals surface area (Å²) in [5.74, 6) is -2.48. The van der Waals surface area contributed by atoms with Crippen molar-refractivity contribution in [1.82, 2.24) is 20.9 Å². The minimum absolute atomic E-state index is 0.0620. The molecule has 44 heavy (non-hydrogen) atoms. The van der Waals surface area contributed by atoms with Crippen LogP contribution in [0.1, 0.15) is 37.5 Å². The second kappa shape index (κ2) is 14.4. The molecule has 1 aromatic heterocycles. The fourth-order valence-corrected chi connectivity index (χ4v) is 4.83. The van der Waals surface area contributed by atoms with Crippen molar-refractivity contribution in [3.63, 3.8) is 0 Å². The van der Waals surface area contributed by atoms with Gasteiger partial charge in [0.2, 0.25) is 11.8 Å². The van der Waals surface area contributed by atoms with E-state index in [1.165, 1.54) is 0 Å². The lowest BCUT2D eigenvalue weighted by molar-refractivity contribution is -0.142. The molecule has 0 spiro atoms. The molecule has 4 rings (SSSR count). The zero-order valence-corrected chi connectivity index (χ0v) is 25.0. The fourth-order valence-electron chi connectivity index (χ4n) is 4.83. The molecule has 10 heteroatoms. The van der Waals surface area contributed by atoms with E-state index in [-0.39, 0.29) is 19.3 Å². The van der Waals surface area contributed by atoms with Gasteiger partial charge in [0.1, 0.15) is 23.7 Å². The second-order valence-corrected chi connectivity index (χ2v) is 11.6. The van der Waals surface area contributed by atoms with Gasteiger partial charge in [0, 0.05) is 36.4 Å². The number of amides is 3. The maximum Gasteiger partial charge on any atom is 0.408 e. The summed E-state index contributed by atoms with van der Waals surface area (Å²) in [5.41, 5.74) is 2.35. The van der Waals surface area contributed by atoms with Crippen molar-refractivity contribution in [2.75, 3.05) is 0 Å². The minimum Gasteiger partial charge on any atom is -0.480 e. The van der Waals surface area contributed by atoms with Crippen LogP contribution in [0.4, 0.5) is 4.79 Å². The number of carboxylic acids is 1. The third kappa shape index (κ3) is 9.19. The molecular formula is C34H38N4O6. The molecule has 4 aromatic rings. The van der Waals surface area contributed by atoms with Crippen LogP contribution >= 0.6 is 0 Å². The first-order valence-corrected chi connectivity index (χ1v) is 14.4. The molecule has 0 bridgehead atoms. The van der Waals surface area contributed by atoms with Crippen molar-refractivity contribution in [2.45, 2.75) is 63.8 Å². The molecule has 1 heterocycles. The number of fused-ring (bicyclic) bond motifs is 1. The topological polar surface area (TPSA) is 150 Å². The Bertz CT molecular complexity index is 1580. The van der Waals surface area contributed by atoms with Gasteiger partial charge in [0.05, 0.1) is 0 Å². The maximum atomic E-state index is 13.8. The molecule has 0 saturated heterocycles. The third-order valence-electron chi connectivity index (χ3n) is 6.92. The molecule has 0 aliphatic rings. The zero-order valence-electron chi connectivity index (χ0n) is 25.0. The van der Waals surface area contributed by atoms with Crippen LogP contribution in [0.15, 0.2) is 91.1 Å². The number of rotatable bonds is 12. The highest BCUT2D eigenvalue weighted by molar-refractivity contribution is 5.94. The van der Waals surface area contributed by atoms with Gasteiger partial charge in [-0.15, -0.1) is 0 Å². The number of carboxylic acid groups (broad SMARTS) is 1. The van der Waals surface area contributed by atoms with Crippen LogP contribution in [0, 0.1) is 0 Å². The molecule has 5 N–H and O–H groups in total. The summed E-state index contributed by atoms with van der Waals surface area (Å²) in [6, 6.07) is 22.2. The Balaban J connectivity index is 1.60. The lowest BCUT2D eigenvalue weighted by atomic mass is 10.0. The van der Waals surface area contributed by atoms with Crippen LogP contribution in [-0.2, 0) is 38.4 Å². The van der Waals surface area contributed by atoms with E-state index in [9.17, 15) is 24.3 Å². The van der Waals surface area contributed by atoms with Crippen molar-refractivity contribution in [3.05, 3.63) is 108 Å². The van der Waals surface area contributed by atoms with E-state index >= 15 is 0 Å². The molecule has 230 valence electrons. The van der Waals surface area contributed by atoms with Gasteiger partial charge in [-0.1, -0.05) is 78.9 Å². The van der Waals surface area contributed by atoms with Gasteiger partial charge < -0.3 is 30.8 Å². The highest BCUT2D eigenvalue weighted by atomic mass is 16.6. The largest absolute Gasteiger partial charge is 0.480 e. The van der Waals surface area contributed by atoms with Gasteiger partial charge >= 0.3 is 12.1 Å². The van der Waals surface area contributed by atoms with Crippen molar-refractivity contribution < 1.29 is 29.0 Å². The van der Waals surface area contributed by atoms with Crippen molar-refractivity contribution in [1.29, 1.82) is 0 Å². The number of hydrogen-bond donors (Lipinski definition) is 5. The predicted octanol–water partition coefficient (Wildman–Crippen LogP) is 4.14. The quantitative estimate of drug-likeness (QED) is 0.165. The Morgan fingerprint density at radius 1 is 0.705 bits per heavy atom. The molecule has 0 aliphatic carbocycles. The summed E-state index contributed by atoms with van der Waals surface area (Å²) in [5, 5.41) is 18.8. The number of ether oxygens (including phenoxy) is 1. The molecular weight excluding hydrogens is 560 g/mol. The average molecular weight is 599 g/mol. The predicted molar refractivity (Wildman–Crippen MR) is 167 cm³/mol. The lowest BCUT2D eigenvalue weighted by Gasteiger charge is -2.26. The van der Waals surface area contributed by atoms with Crippen LogP contribution in [0.5, 0.6) is 0 Å². The monoisotopic (exact) mass is 598 g/mol. The Morgan fingerprint density at radius 3 is 1.77 bits per heavy atom. The summed E-state index contributed by atoms with van der Waals surface area (Å²) >= 11 is 0. The van der Waals surface area contributed by atoms with E-state index in [1.54, 1.807) is 51.2 Å². The van der Waals surface area contributed by atoms with E-state index < -0.39 is 47.6 Å². The van der Waals surface area contributed by atoms with E-state index in [0.29, 0.717) is 0 Å². The Hall–Kier alpha value is -5.12. The van der Waals surface area contributed by atoms with Crippen LogP contribution in [0.25, 0.3) is 10.9 Å². The molecule has 3 amide bonds. The smallest absolute Gasteiger partial charge is 0.408 e. The van der Waals surface area contributed by atoms with E-state index in [1.807, 2.05) is 60.7 Å². The van der Waals surface area contributed by atoms with Crippen LogP contribution in [-0.4, -0.2) is 57.7 Å². The standard InChI is InChI=1S/C34H38N4O6/c1-34(2,3)44-33(43)38-27(18-22-12-6-4-7-13-22)30(39)36-28(20-24-21-35-26-17-11-10-16-25(24)26)31(40)37-29(32(41)42)19-23-14-8-5-9-15-23/h4-17,21,27-29,35H,18-20H2,1-3H3,(H,36,39)(H,37,40)(H,38,43)(H,41,42)/t27-,28-,29-/m0/s1. The van der Waals surface area contributed by atoms with Crippen molar-refractivity contribution in [3.8, 4) is 0 Å². The molecule has 0 fully saturated rings. The number of carbonyl (C=O) groups is 4. The van der Waals surface area contributed by atoms with Gasteiger partial charge in [0.15, 0.2) is 0 Å². The van der Waals surface area contributed by atoms with Gasteiger partial charge in [-0.05, 0) is 43.5 Å². The summed E-state index contributed by atoms with van der Waals surface area (Å²) < 4.78 is 5.40. The first-order valence-electron chi connectivity index (χ1n) is 14.4. The summed E-state index contributed by atoms with van der Waals surface area (Å²) in [4.78, 5) is 55.5. The molecule has 0 aliphatic heterocycles. The number of carbonyl (C=O) groups excluding carboxylic acids is 3. The molecule has 3 atom stereocenters. The lowest BCUT2D eigenvalue weighted by Crippen LogP contribution is -2.57. The number of hydrogen-bond acceptors (Lipinski definition) is 5. The number of nitrogens with one attached hydrogen (secondary N) is 4. The minimum atomic E-state index is -1.23. The van der Waals surface area contributed by atoms with Gasteiger partial charge in [-0.3, -0.25) is 9.59 Å². The van der Waals surface area contributed by atoms with Crippen molar-refractivity contribution >= 4 is 34.8 Å². The first kappa shape index (κ1) is 31.8. The molecule has 0 radical (unpaired) electrons. The number of aromatic amines is 1. The van der Waals surface area contributed by atoms with Gasteiger partial charge in [-0.25, -0.2) is 9.59 Å². The summed E-state index contributed by atoms with van der Waals surface area (Å²) in [7, 11) is 0. The Kier molecular flexibility index (Phi) is 10.4. The fraction of sp³-hybridized carbons (Fsp3) is 0.294. The number of aliphatic carboxylic acids is 1. The zero-order chi connectivity index (χ0) is 31.7. The van der Waals surface area contributed by atoms with E-state index in [4.69, 9.17) is 4.74 Å². The first-order chi connectivity index (χ1) is 21.0. The molecule has 3 aromatic carbocycles. The van der Waals surface area contributed by atoms with E-state index in [2.05, 4.69) is 20.9 Å². The maximum absolute atomic E-state index is 13.8. The number of aromatic nitrogens is 1. The summed E-state index contributed by atoms with van der Waals surface area (Å²) in [6.07, 6.45) is 1.26. The summed E-state index contributed by atoms with van der Waals surface area (Å²) in [6.45, 7) is 5.15. The van der Waals surface area contributed by atoms with E-state index in [0.717, 1.165) is 27.6 Å². The number of benzene rings is 3. The second-order valence-electron chi connectivity index (χ2n) is 11.6. The average Bonchev–Trinajstić information content (AvgIpc) is 3.39. The molecule has 0 saturated carbocycles. The number of H-pyrrole nitrogens is 1. The SMILES string of the molecule is CC(C)(C)OC(=O)N[C@@H](Cc1ccccc1)C(=O)N[C@@H](Cc1c[nH]c2ccccc12)C(=O)N[C@@H](Cc1ccccc1)C(=O)O. The highest BCUT2D eigenvalue weighted by Crippen LogP contribution is 2.20. The Labute approximate surface area is 256 Å². The molecule has 0 unspecified atom stereocenters. The van der Waals surface area contributed by atoms with Gasteiger partial charge in [0.25, 0.3) is 0 Å². The normalized spacial score (nSPS) is 13.3.